The molecule has 1 fully saturated rings. The van der Waals surface area contributed by atoms with Gasteiger partial charge in [-0.25, -0.2) is 0 Å². The summed E-state index contributed by atoms with van der Waals surface area (Å²) in [6, 6.07) is 21.2. The van der Waals surface area contributed by atoms with Crippen molar-refractivity contribution >= 4 is 0 Å². The number of rotatable bonds is 3. The average Bonchev–Trinajstić information content (AvgIpc) is 3.25. The van der Waals surface area contributed by atoms with Crippen LogP contribution in [-0.4, -0.2) is 27.8 Å². The second kappa shape index (κ2) is 6.68. The lowest BCUT2D eigenvalue weighted by atomic mass is 9.94. The second-order valence-corrected chi connectivity index (χ2v) is 7.11. The summed E-state index contributed by atoms with van der Waals surface area (Å²) in [5, 5.41) is 13.9. The third-order valence-corrected chi connectivity index (χ3v) is 5.30. The van der Waals surface area contributed by atoms with Crippen molar-refractivity contribution < 1.29 is 0 Å². The molecule has 130 valence electrons. The third-order valence-electron chi connectivity index (χ3n) is 5.30. The zero-order valence-electron chi connectivity index (χ0n) is 15.1. The predicted octanol–water partition coefficient (Wildman–Crippen LogP) is 4.27. The number of aryl methyl sites for hydroxylation is 1. The molecule has 1 saturated heterocycles. The maximum atomic E-state index is 9.18. The van der Waals surface area contributed by atoms with Crippen LogP contribution in [0.15, 0.2) is 60.7 Å². The topological polar surface area (TPSA) is 44.9 Å². The van der Waals surface area contributed by atoms with Gasteiger partial charge in [0, 0.05) is 31.6 Å². The molecule has 2 heterocycles. The van der Waals surface area contributed by atoms with Crippen LogP contribution in [0.2, 0.25) is 0 Å². The van der Waals surface area contributed by atoms with Crippen LogP contribution in [0.5, 0.6) is 0 Å². The molecule has 2 atom stereocenters. The lowest BCUT2D eigenvalue weighted by molar-refractivity contribution is 0.465. The Labute approximate surface area is 154 Å². The molecule has 2 aromatic carbocycles. The summed E-state index contributed by atoms with van der Waals surface area (Å²) in [6.45, 7) is 3.78. The summed E-state index contributed by atoms with van der Waals surface area (Å²) in [7, 11) is 2.00. The van der Waals surface area contributed by atoms with E-state index in [0.29, 0.717) is 11.8 Å². The molecule has 0 bridgehead atoms. The smallest absolute Gasteiger partial charge is 0.179 e. The average molecular weight is 342 g/mol. The van der Waals surface area contributed by atoms with Crippen LogP contribution in [0.4, 0.5) is 0 Å². The molecule has 0 saturated carbocycles. The monoisotopic (exact) mass is 342 g/mol. The molecule has 4 rings (SSSR count). The Morgan fingerprint density at radius 2 is 1.69 bits per heavy atom. The van der Waals surface area contributed by atoms with E-state index in [2.05, 4.69) is 67.7 Å². The molecule has 3 aromatic rings. The van der Waals surface area contributed by atoms with Crippen LogP contribution < -0.4 is 0 Å². The Hall–Kier alpha value is -3.06. The van der Waals surface area contributed by atoms with E-state index in [1.807, 2.05) is 22.7 Å². The van der Waals surface area contributed by atoms with E-state index in [9.17, 15) is 5.26 Å². The number of benzene rings is 2. The van der Waals surface area contributed by atoms with Gasteiger partial charge in [-0.3, -0.25) is 4.68 Å². The van der Waals surface area contributed by atoms with Crippen molar-refractivity contribution in [1.29, 1.82) is 5.26 Å². The van der Waals surface area contributed by atoms with Crippen LogP contribution >= 0.6 is 0 Å². The highest BCUT2D eigenvalue weighted by Crippen LogP contribution is 2.34. The molecule has 1 aliphatic rings. The summed E-state index contributed by atoms with van der Waals surface area (Å²) >= 11 is 0. The Kier molecular flexibility index (Phi) is 4.22. The summed E-state index contributed by atoms with van der Waals surface area (Å²) in [4.78, 5) is 1.83. The van der Waals surface area contributed by atoms with Crippen LogP contribution in [0, 0.1) is 17.4 Å². The Morgan fingerprint density at radius 1 is 0.962 bits per heavy atom. The van der Waals surface area contributed by atoms with E-state index in [-0.39, 0.29) is 0 Å². The van der Waals surface area contributed by atoms with Crippen LogP contribution in [-0.2, 0) is 7.05 Å². The molecule has 0 aliphatic carbocycles. The molecule has 0 radical (unpaired) electrons. The highest BCUT2D eigenvalue weighted by Gasteiger charge is 2.32. The van der Waals surface area contributed by atoms with Gasteiger partial charge in [0.15, 0.2) is 6.19 Å². The van der Waals surface area contributed by atoms with Gasteiger partial charge >= 0.3 is 0 Å². The standard InChI is InChI=1S/C22H22N4/c1-16-13-26(15-23)14-20(16)21-12-22(25(2)24-21)19-10-6-9-18(11-19)17-7-4-3-5-8-17/h3-12,16,20H,13-14H2,1-2H3/t16-,20-/m1/s1. The molecular formula is C22H22N4. The lowest BCUT2D eigenvalue weighted by Gasteiger charge is -2.09. The lowest BCUT2D eigenvalue weighted by Crippen LogP contribution is -2.13. The third kappa shape index (κ3) is 2.97. The fraction of sp³-hybridized carbons (Fsp3) is 0.273. The Balaban J connectivity index is 1.68. The zero-order valence-corrected chi connectivity index (χ0v) is 15.1. The van der Waals surface area contributed by atoms with Crippen molar-refractivity contribution in [2.75, 3.05) is 13.1 Å². The molecule has 0 N–H and O–H groups in total. The second-order valence-electron chi connectivity index (χ2n) is 7.11. The molecule has 4 nitrogen and oxygen atoms in total. The van der Waals surface area contributed by atoms with E-state index in [1.165, 1.54) is 11.1 Å². The van der Waals surface area contributed by atoms with Crippen molar-refractivity contribution in [1.82, 2.24) is 14.7 Å². The summed E-state index contributed by atoms with van der Waals surface area (Å²) < 4.78 is 1.96. The summed E-state index contributed by atoms with van der Waals surface area (Å²) in [5.41, 5.74) is 5.77. The van der Waals surface area contributed by atoms with Gasteiger partial charge in [0.05, 0.1) is 11.4 Å². The molecule has 4 heteroatoms. The largest absolute Gasteiger partial charge is 0.310 e. The first kappa shape index (κ1) is 16.4. The summed E-state index contributed by atoms with van der Waals surface area (Å²) in [5.74, 6) is 0.750. The number of nitriles is 1. The fourth-order valence-electron chi connectivity index (χ4n) is 3.86. The zero-order chi connectivity index (χ0) is 18.1. The van der Waals surface area contributed by atoms with Crippen molar-refractivity contribution in [2.45, 2.75) is 12.8 Å². The number of aromatic nitrogens is 2. The minimum absolute atomic E-state index is 0.312. The quantitative estimate of drug-likeness (QED) is 0.668. The van der Waals surface area contributed by atoms with Gasteiger partial charge in [0.1, 0.15) is 0 Å². The van der Waals surface area contributed by atoms with Gasteiger partial charge in [-0.15, -0.1) is 0 Å². The molecule has 0 amide bonds. The van der Waals surface area contributed by atoms with Gasteiger partial charge in [-0.2, -0.15) is 10.4 Å². The summed E-state index contributed by atoms with van der Waals surface area (Å²) in [6.07, 6.45) is 2.27. The van der Waals surface area contributed by atoms with Crippen LogP contribution in [0.1, 0.15) is 18.5 Å². The number of hydrogen-bond acceptors (Lipinski definition) is 3. The Morgan fingerprint density at radius 3 is 2.42 bits per heavy atom. The van der Waals surface area contributed by atoms with E-state index in [1.54, 1.807) is 0 Å². The van der Waals surface area contributed by atoms with Crippen LogP contribution in [0.25, 0.3) is 22.4 Å². The van der Waals surface area contributed by atoms with Crippen molar-refractivity contribution in [3.63, 3.8) is 0 Å². The van der Waals surface area contributed by atoms with Crippen LogP contribution in [0.3, 0.4) is 0 Å². The number of nitrogens with zero attached hydrogens (tertiary/aromatic N) is 4. The maximum absolute atomic E-state index is 9.18. The van der Waals surface area contributed by atoms with Crippen molar-refractivity contribution in [3.05, 3.63) is 66.4 Å². The first-order valence-electron chi connectivity index (χ1n) is 9.00. The molecule has 1 aromatic heterocycles. The number of likely N-dealkylation sites (tertiary alicyclic amines) is 1. The molecule has 26 heavy (non-hydrogen) atoms. The number of hydrogen-bond donors (Lipinski definition) is 0. The highest BCUT2D eigenvalue weighted by molar-refractivity contribution is 5.71. The van der Waals surface area contributed by atoms with Gasteiger partial charge in [0.2, 0.25) is 0 Å². The molecule has 0 unspecified atom stereocenters. The van der Waals surface area contributed by atoms with Gasteiger partial charge in [0.25, 0.3) is 0 Å². The van der Waals surface area contributed by atoms with Gasteiger partial charge in [-0.05, 0) is 29.2 Å². The van der Waals surface area contributed by atoms with Crippen molar-refractivity contribution in [3.8, 4) is 28.6 Å². The minimum Gasteiger partial charge on any atom is -0.310 e. The molecule has 1 aliphatic heterocycles. The maximum Gasteiger partial charge on any atom is 0.179 e. The first-order chi connectivity index (χ1) is 12.7. The molecule has 0 spiro atoms. The normalized spacial score (nSPS) is 19.5. The van der Waals surface area contributed by atoms with E-state index < -0.39 is 0 Å². The van der Waals surface area contributed by atoms with Crippen molar-refractivity contribution in [2.24, 2.45) is 13.0 Å². The molecular weight excluding hydrogens is 320 g/mol. The minimum atomic E-state index is 0.312. The SMILES string of the molecule is C[C@@H]1CN(C#N)C[C@H]1c1cc(-c2cccc(-c3ccccc3)c2)n(C)n1. The van der Waals surface area contributed by atoms with E-state index in [4.69, 9.17) is 5.10 Å². The fourth-order valence-corrected chi connectivity index (χ4v) is 3.86. The highest BCUT2D eigenvalue weighted by atomic mass is 15.3. The Bertz CT molecular complexity index is 952. The predicted molar refractivity (Wildman–Crippen MR) is 103 cm³/mol. The van der Waals surface area contributed by atoms with E-state index >= 15 is 0 Å². The van der Waals surface area contributed by atoms with Gasteiger partial charge in [-0.1, -0.05) is 55.5 Å². The first-order valence-corrected chi connectivity index (χ1v) is 9.00. The van der Waals surface area contributed by atoms with Gasteiger partial charge < -0.3 is 4.90 Å². The van der Waals surface area contributed by atoms with E-state index in [0.717, 1.165) is 30.0 Å².